The van der Waals surface area contributed by atoms with Crippen molar-refractivity contribution in [1.82, 2.24) is 0 Å². The summed E-state index contributed by atoms with van der Waals surface area (Å²) in [4.78, 5) is 10.3. The Bertz CT molecular complexity index is 2100. The molecule has 0 aliphatic heterocycles. The number of benzene rings is 4. The van der Waals surface area contributed by atoms with Crippen molar-refractivity contribution in [2.75, 3.05) is 0 Å². The van der Waals surface area contributed by atoms with Gasteiger partial charge in [0.1, 0.15) is 0 Å². The van der Waals surface area contributed by atoms with Gasteiger partial charge in [0.25, 0.3) is 0 Å². The SMILES string of the molecule is CCCCCCCCCCCCCCCCCCCCC(C=Nc1ccc(CCCC)c(CCCC)c1)=Nc1ccc(CCCC)c(CCCC)c1.CCc1cc(C[Si](C)(C)C)c2cccc([O-])c2c1[O-].[Ni+2]. The monoisotopic (exact) mass is 1040 g/mol. The van der Waals surface area contributed by atoms with Crippen LogP contribution in [0.5, 0.6) is 11.5 Å². The van der Waals surface area contributed by atoms with Gasteiger partial charge >= 0.3 is 16.5 Å². The van der Waals surface area contributed by atoms with Crippen LogP contribution in [0, 0.1) is 0 Å². The molecule has 0 heterocycles. The molecule has 0 atom stereocenters. The van der Waals surface area contributed by atoms with E-state index in [0.717, 1.165) is 53.3 Å². The van der Waals surface area contributed by atoms with Gasteiger partial charge in [-0.15, -0.1) is 5.75 Å². The zero-order valence-corrected chi connectivity index (χ0v) is 49.7. The van der Waals surface area contributed by atoms with Crippen molar-refractivity contribution < 1.29 is 26.7 Å². The first-order chi connectivity index (χ1) is 34.5. The number of aliphatic imine (C=N–C) groups is 2. The van der Waals surface area contributed by atoms with Gasteiger partial charge in [-0.05, 0) is 140 Å². The Morgan fingerprint density at radius 1 is 0.458 bits per heavy atom. The molecular formula is C66H104N2NiO2Si. The Balaban J connectivity index is 0.000000737. The zero-order chi connectivity index (χ0) is 51.5. The summed E-state index contributed by atoms with van der Waals surface area (Å²) in [7, 11) is -1.29. The molecule has 4 rings (SSSR count). The molecule has 0 fully saturated rings. The fourth-order valence-corrected chi connectivity index (χ4v) is 11.4. The maximum Gasteiger partial charge on any atom is 2.00 e. The van der Waals surface area contributed by atoms with Crippen LogP contribution in [-0.4, -0.2) is 20.0 Å². The van der Waals surface area contributed by atoms with Gasteiger partial charge in [-0.1, -0.05) is 244 Å². The van der Waals surface area contributed by atoms with E-state index in [1.165, 1.54) is 214 Å². The molecule has 0 unspecified atom stereocenters. The topological polar surface area (TPSA) is 70.8 Å². The van der Waals surface area contributed by atoms with Gasteiger partial charge in [-0.3, -0.25) is 9.98 Å². The molecule has 0 aliphatic rings. The molecule has 0 bridgehead atoms. The minimum absolute atomic E-state index is 0. The van der Waals surface area contributed by atoms with E-state index in [1.54, 1.807) is 6.07 Å². The summed E-state index contributed by atoms with van der Waals surface area (Å²) in [5.41, 5.74) is 11.3. The minimum Gasteiger partial charge on any atom is -0.872 e. The second kappa shape index (κ2) is 39.2. The third-order valence-corrected chi connectivity index (χ3v) is 15.8. The van der Waals surface area contributed by atoms with Crippen LogP contribution < -0.4 is 10.2 Å². The second-order valence-electron chi connectivity index (χ2n) is 22.2. The molecule has 404 valence electrons. The molecule has 0 aromatic heterocycles. The molecule has 0 N–H and O–H groups in total. The van der Waals surface area contributed by atoms with Gasteiger partial charge in [0.15, 0.2) is 0 Å². The van der Waals surface area contributed by atoms with E-state index in [4.69, 9.17) is 9.98 Å². The predicted molar refractivity (Wildman–Crippen MR) is 315 cm³/mol. The first-order valence-corrected chi connectivity index (χ1v) is 33.5. The van der Waals surface area contributed by atoms with Crippen molar-refractivity contribution in [3.63, 3.8) is 0 Å². The van der Waals surface area contributed by atoms with Gasteiger partial charge < -0.3 is 10.2 Å². The van der Waals surface area contributed by atoms with Gasteiger partial charge in [0.2, 0.25) is 0 Å². The molecule has 72 heavy (non-hydrogen) atoms. The average Bonchev–Trinajstić information content (AvgIpc) is 3.36. The van der Waals surface area contributed by atoms with E-state index >= 15 is 0 Å². The van der Waals surface area contributed by atoms with Crippen molar-refractivity contribution in [2.45, 2.75) is 273 Å². The normalized spacial score (nSPS) is 11.9. The van der Waals surface area contributed by atoms with Crippen LogP contribution in [0.15, 0.2) is 70.6 Å². The largest absolute Gasteiger partial charge is 2.00 e. The third-order valence-electron chi connectivity index (χ3n) is 14.3. The van der Waals surface area contributed by atoms with Crippen LogP contribution in [0.25, 0.3) is 10.8 Å². The molecule has 4 aromatic carbocycles. The van der Waals surface area contributed by atoms with Gasteiger partial charge in [-0.2, -0.15) is 0 Å². The van der Waals surface area contributed by atoms with E-state index in [1.807, 2.05) is 19.1 Å². The molecule has 0 saturated carbocycles. The Hall–Kier alpha value is -3.21. The van der Waals surface area contributed by atoms with E-state index < -0.39 is 8.07 Å². The quantitative estimate of drug-likeness (QED) is 0.0256. The van der Waals surface area contributed by atoms with Crippen LogP contribution in [0.1, 0.15) is 248 Å². The molecule has 0 amide bonds. The maximum absolute atomic E-state index is 12.3. The number of nitrogens with zero attached hydrogens (tertiary/aromatic N) is 2. The first-order valence-electron chi connectivity index (χ1n) is 29.7. The molecule has 0 radical (unpaired) electrons. The van der Waals surface area contributed by atoms with Crippen molar-refractivity contribution in [3.05, 3.63) is 94.0 Å². The second-order valence-corrected chi connectivity index (χ2v) is 27.7. The summed E-state index contributed by atoms with van der Waals surface area (Å²) in [6.45, 7) is 20.4. The molecule has 0 saturated heterocycles. The number of fused-ring (bicyclic) bond motifs is 1. The van der Waals surface area contributed by atoms with E-state index in [9.17, 15) is 10.2 Å². The molecule has 6 heteroatoms. The van der Waals surface area contributed by atoms with Crippen LogP contribution in [-0.2, 0) is 54.6 Å². The van der Waals surface area contributed by atoms with Crippen molar-refractivity contribution in [3.8, 4) is 11.5 Å². The van der Waals surface area contributed by atoms with Crippen LogP contribution >= 0.6 is 0 Å². The summed E-state index contributed by atoms with van der Waals surface area (Å²) in [6, 6.07) is 22.1. The van der Waals surface area contributed by atoms with E-state index in [-0.39, 0.29) is 28.0 Å². The van der Waals surface area contributed by atoms with Gasteiger partial charge in [0, 0.05) is 14.3 Å². The minimum atomic E-state index is -1.29. The molecule has 4 nitrogen and oxygen atoms in total. The van der Waals surface area contributed by atoms with Crippen LogP contribution in [0.4, 0.5) is 11.4 Å². The number of hydrogen-bond donors (Lipinski definition) is 0. The molecular weight excluding hydrogens is 940 g/mol. The summed E-state index contributed by atoms with van der Waals surface area (Å²) in [6.07, 6.45) is 43.7. The number of hydrogen-bond acceptors (Lipinski definition) is 4. The smallest absolute Gasteiger partial charge is 0.872 e. The maximum atomic E-state index is 12.3. The summed E-state index contributed by atoms with van der Waals surface area (Å²) < 4.78 is 0. The Kier molecular flexibility index (Phi) is 35.4. The number of aryl methyl sites for hydroxylation is 5. The Labute approximate surface area is 454 Å². The standard InChI is InChI=1S/C50H84N2.C16H22O2Si.Ni/c1-6-11-16-17-18-19-20-21-22-23-24-25-26-27-28-29-30-31-36-50(52-49-40-38-45(33-13-8-3)47(42-49)35-15-10-5)43-51-48-39-37-44(32-12-7-2)46(41-48)34-14-9-4;1-5-11-9-12(10-19(2,3)4)13-7-6-8-14(17)15(13)16(11)18;/h37-43H,6-36H2,1-5H3;6-9,17-18H,5,10H2,1-4H3;/q;;+2/p-2. The summed E-state index contributed by atoms with van der Waals surface area (Å²) >= 11 is 0. The van der Waals surface area contributed by atoms with Crippen LogP contribution in [0.3, 0.4) is 0 Å². The molecule has 0 spiro atoms. The number of rotatable bonds is 37. The fraction of sp³-hybridized carbons (Fsp3) is 0.636. The Morgan fingerprint density at radius 3 is 1.35 bits per heavy atom. The van der Waals surface area contributed by atoms with E-state index in [2.05, 4.69) is 96.9 Å². The fourth-order valence-electron chi connectivity index (χ4n) is 10.00. The summed E-state index contributed by atoms with van der Waals surface area (Å²) in [5, 5.41) is 25.5. The Morgan fingerprint density at radius 2 is 0.889 bits per heavy atom. The molecule has 0 aliphatic carbocycles. The van der Waals surface area contributed by atoms with E-state index in [0.29, 0.717) is 11.8 Å². The first kappa shape index (κ1) is 64.9. The molecule has 4 aromatic rings. The van der Waals surface area contributed by atoms with Crippen molar-refractivity contribution in [1.29, 1.82) is 0 Å². The average molecular weight is 1040 g/mol. The zero-order valence-electron chi connectivity index (χ0n) is 47.7. The predicted octanol–water partition coefficient (Wildman–Crippen LogP) is 19.9. The van der Waals surface area contributed by atoms with Crippen molar-refractivity contribution >= 4 is 42.1 Å². The van der Waals surface area contributed by atoms with Crippen LogP contribution in [0.2, 0.25) is 19.6 Å². The van der Waals surface area contributed by atoms with Gasteiger partial charge in [-0.25, -0.2) is 0 Å². The summed E-state index contributed by atoms with van der Waals surface area (Å²) in [5.74, 6) is -0.225. The third kappa shape index (κ3) is 26.3. The number of unbranched alkanes of at least 4 members (excludes halogenated alkanes) is 21. The van der Waals surface area contributed by atoms with Crippen molar-refractivity contribution in [2.24, 2.45) is 9.98 Å². The van der Waals surface area contributed by atoms with Gasteiger partial charge in [0.05, 0.1) is 17.1 Å².